The largest absolute Gasteiger partial charge is 0.506 e. The number of rotatable bonds is 5. The van der Waals surface area contributed by atoms with Crippen molar-refractivity contribution < 1.29 is 14.6 Å². The van der Waals surface area contributed by atoms with Gasteiger partial charge in [0.05, 0.1) is 5.69 Å². The molecule has 0 unspecified atom stereocenters. The van der Waals surface area contributed by atoms with Crippen LogP contribution in [0.5, 0.6) is 11.5 Å². The first kappa shape index (κ1) is 17.1. The molecule has 1 N–H and O–H groups in total. The van der Waals surface area contributed by atoms with Gasteiger partial charge >= 0.3 is 0 Å². The SMILES string of the molecule is CCc1ccccc1OCC(=O)N1CCN(c2ccccc2O)CC1. The van der Waals surface area contributed by atoms with E-state index >= 15 is 0 Å². The van der Waals surface area contributed by atoms with Crippen LogP contribution in [0.3, 0.4) is 0 Å². The van der Waals surface area contributed by atoms with Gasteiger partial charge in [-0.1, -0.05) is 37.3 Å². The lowest BCUT2D eigenvalue weighted by atomic mass is 10.1. The van der Waals surface area contributed by atoms with Gasteiger partial charge in [-0.25, -0.2) is 0 Å². The molecule has 1 heterocycles. The van der Waals surface area contributed by atoms with Crippen LogP contribution in [0.15, 0.2) is 48.5 Å². The third-order valence-electron chi connectivity index (χ3n) is 4.56. The Labute approximate surface area is 148 Å². The molecular weight excluding hydrogens is 316 g/mol. The minimum Gasteiger partial charge on any atom is -0.506 e. The number of nitrogens with zero attached hydrogens (tertiary/aromatic N) is 2. The molecule has 1 aliphatic heterocycles. The van der Waals surface area contributed by atoms with Crippen molar-refractivity contribution in [1.29, 1.82) is 0 Å². The van der Waals surface area contributed by atoms with Gasteiger partial charge in [0.1, 0.15) is 11.5 Å². The average molecular weight is 340 g/mol. The minimum absolute atomic E-state index is 0.00263. The number of piperazine rings is 1. The molecule has 2 aromatic carbocycles. The summed E-state index contributed by atoms with van der Waals surface area (Å²) >= 11 is 0. The van der Waals surface area contributed by atoms with Gasteiger partial charge in [-0.2, -0.15) is 0 Å². The summed E-state index contributed by atoms with van der Waals surface area (Å²) in [5, 5.41) is 9.96. The van der Waals surface area contributed by atoms with E-state index in [1.165, 1.54) is 0 Å². The topological polar surface area (TPSA) is 53.0 Å². The standard InChI is InChI=1S/C20H24N2O3/c1-2-16-7-3-6-10-19(16)25-15-20(24)22-13-11-21(12-14-22)17-8-4-5-9-18(17)23/h3-10,23H,2,11-15H2,1H3. The van der Waals surface area contributed by atoms with Crippen molar-refractivity contribution in [3.63, 3.8) is 0 Å². The van der Waals surface area contributed by atoms with E-state index in [1.807, 2.05) is 47.4 Å². The number of carbonyl (C=O) groups is 1. The number of phenols is 1. The van der Waals surface area contributed by atoms with Crippen molar-refractivity contribution in [2.75, 3.05) is 37.7 Å². The second-order valence-corrected chi connectivity index (χ2v) is 6.11. The van der Waals surface area contributed by atoms with Crippen LogP contribution in [-0.2, 0) is 11.2 Å². The molecule has 1 amide bonds. The Kier molecular flexibility index (Phi) is 5.43. The highest BCUT2D eigenvalue weighted by atomic mass is 16.5. The summed E-state index contributed by atoms with van der Waals surface area (Å²) in [5.41, 5.74) is 1.93. The Morgan fingerprint density at radius 3 is 2.44 bits per heavy atom. The fraction of sp³-hybridized carbons (Fsp3) is 0.350. The minimum atomic E-state index is 0.00263. The van der Waals surface area contributed by atoms with E-state index in [4.69, 9.17) is 4.74 Å². The maximum atomic E-state index is 12.4. The van der Waals surface area contributed by atoms with E-state index in [-0.39, 0.29) is 18.3 Å². The average Bonchev–Trinajstić information content (AvgIpc) is 2.67. The Morgan fingerprint density at radius 1 is 1.04 bits per heavy atom. The molecule has 5 heteroatoms. The van der Waals surface area contributed by atoms with Crippen LogP contribution in [0.25, 0.3) is 0 Å². The molecule has 0 radical (unpaired) electrons. The van der Waals surface area contributed by atoms with Crippen molar-refractivity contribution in [2.45, 2.75) is 13.3 Å². The first-order valence-corrected chi connectivity index (χ1v) is 8.70. The molecule has 0 aromatic heterocycles. The molecule has 1 fully saturated rings. The first-order chi connectivity index (χ1) is 12.2. The Balaban J connectivity index is 1.53. The number of aryl methyl sites for hydroxylation is 1. The normalized spacial score (nSPS) is 14.4. The summed E-state index contributed by atoms with van der Waals surface area (Å²) in [6.07, 6.45) is 0.879. The first-order valence-electron chi connectivity index (χ1n) is 8.70. The number of hydrogen-bond donors (Lipinski definition) is 1. The molecule has 3 rings (SSSR count). The molecule has 1 saturated heterocycles. The van der Waals surface area contributed by atoms with Crippen molar-refractivity contribution in [3.05, 3.63) is 54.1 Å². The van der Waals surface area contributed by atoms with Crippen molar-refractivity contribution >= 4 is 11.6 Å². The van der Waals surface area contributed by atoms with Crippen LogP contribution in [0.2, 0.25) is 0 Å². The quantitative estimate of drug-likeness (QED) is 0.909. The lowest BCUT2D eigenvalue weighted by molar-refractivity contribution is -0.133. The summed E-state index contributed by atoms with van der Waals surface area (Å²) < 4.78 is 5.73. The summed E-state index contributed by atoms with van der Waals surface area (Å²) in [5.74, 6) is 1.07. The van der Waals surface area contributed by atoms with Gasteiger partial charge in [0, 0.05) is 26.2 Å². The summed E-state index contributed by atoms with van der Waals surface area (Å²) in [6, 6.07) is 15.1. The molecule has 0 saturated carbocycles. The maximum absolute atomic E-state index is 12.4. The van der Waals surface area contributed by atoms with Gasteiger partial charge in [0.15, 0.2) is 6.61 Å². The second-order valence-electron chi connectivity index (χ2n) is 6.11. The summed E-state index contributed by atoms with van der Waals surface area (Å²) in [6.45, 7) is 4.80. The highest BCUT2D eigenvalue weighted by molar-refractivity contribution is 5.78. The molecule has 2 aromatic rings. The van der Waals surface area contributed by atoms with E-state index in [0.29, 0.717) is 26.2 Å². The zero-order chi connectivity index (χ0) is 17.6. The van der Waals surface area contributed by atoms with E-state index in [2.05, 4.69) is 11.8 Å². The number of ether oxygens (including phenoxy) is 1. The molecule has 132 valence electrons. The number of benzene rings is 2. The van der Waals surface area contributed by atoms with Gasteiger partial charge in [0.2, 0.25) is 0 Å². The molecule has 0 aliphatic carbocycles. The number of hydrogen-bond acceptors (Lipinski definition) is 4. The fourth-order valence-electron chi connectivity index (χ4n) is 3.10. The summed E-state index contributed by atoms with van der Waals surface area (Å²) in [4.78, 5) is 16.3. The highest BCUT2D eigenvalue weighted by Gasteiger charge is 2.22. The van der Waals surface area contributed by atoms with E-state index in [0.717, 1.165) is 23.4 Å². The zero-order valence-electron chi connectivity index (χ0n) is 14.5. The number of para-hydroxylation sites is 3. The number of carbonyl (C=O) groups excluding carboxylic acids is 1. The van der Waals surface area contributed by atoms with E-state index in [1.54, 1.807) is 6.07 Å². The third-order valence-corrected chi connectivity index (χ3v) is 4.56. The zero-order valence-corrected chi connectivity index (χ0v) is 14.5. The lowest BCUT2D eigenvalue weighted by Gasteiger charge is -2.36. The van der Waals surface area contributed by atoms with Crippen LogP contribution in [-0.4, -0.2) is 48.7 Å². The number of aromatic hydroxyl groups is 1. The van der Waals surface area contributed by atoms with Gasteiger partial charge in [-0.3, -0.25) is 4.79 Å². The van der Waals surface area contributed by atoms with Crippen molar-refractivity contribution in [1.82, 2.24) is 4.90 Å². The fourth-order valence-corrected chi connectivity index (χ4v) is 3.10. The van der Waals surface area contributed by atoms with Gasteiger partial charge in [0.25, 0.3) is 5.91 Å². The Hall–Kier alpha value is -2.69. The number of amides is 1. The second kappa shape index (κ2) is 7.92. The van der Waals surface area contributed by atoms with Crippen LogP contribution >= 0.6 is 0 Å². The number of anilines is 1. The molecule has 1 aliphatic rings. The van der Waals surface area contributed by atoms with Crippen LogP contribution in [0.1, 0.15) is 12.5 Å². The van der Waals surface area contributed by atoms with Gasteiger partial charge in [-0.05, 0) is 30.2 Å². The van der Waals surface area contributed by atoms with Gasteiger partial charge < -0.3 is 19.6 Å². The van der Waals surface area contributed by atoms with Gasteiger partial charge in [-0.15, -0.1) is 0 Å². The predicted octanol–water partition coefficient (Wildman–Crippen LogP) is 2.68. The van der Waals surface area contributed by atoms with E-state index < -0.39 is 0 Å². The van der Waals surface area contributed by atoms with Crippen LogP contribution < -0.4 is 9.64 Å². The monoisotopic (exact) mass is 340 g/mol. The predicted molar refractivity (Wildman–Crippen MR) is 98.2 cm³/mol. The third kappa shape index (κ3) is 4.05. The molecule has 0 bridgehead atoms. The lowest BCUT2D eigenvalue weighted by Crippen LogP contribution is -2.50. The van der Waals surface area contributed by atoms with Crippen LogP contribution in [0, 0.1) is 0 Å². The molecule has 25 heavy (non-hydrogen) atoms. The molecule has 5 nitrogen and oxygen atoms in total. The van der Waals surface area contributed by atoms with Crippen molar-refractivity contribution in [2.24, 2.45) is 0 Å². The van der Waals surface area contributed by atoms with Crippen molar-refractivity contribution in [3.8, 4) is 11.5 Å². The van der Waals surface area contributed by atoms with Crippen LogP contribution in [0.4, 0.5) is 5.69 Å². The summed E-state index contributed by atoms with van der Waals surface area (Å²) in [7, 11) is 0. The maximum Gasteiger partial charge on any atom is 0.260 e. The molecule has 0 atom stereocenters. The Morgan fingerprint density at radius 2 is 1.72 bits per heavy atom. The number of phenolic OH excluding ortho intramolecular Hbond substituents is 1. The smallest absolute Gasteiger partial charge is 0.260 e. The van der Waals surface area contributed by atoms with E-state index in [9.17, 15) is 9.90 Å². The molecular formula is C20H24N2O3. The highest BCUT2D eigenvalue weighted by Crippen LogP contribution is 2.27. The Bertz CT molecular complexity index is 724. The molecule has 0 spiro atoms.